The molecule has 1 heterocycles. The zero-order valence-corrected chi connectivity index (χ0v) is 21.0. The molecule has 5 N–H and O–H groups in total. The summed E-state index contributed by atoms with van der Waals surface area (Å²) in [7, 11) is 2.73. The SMILES string of the molecule is COc1cc(/C=C/C(=O)CC(=O)/C=C/c2ccc(O[C@@H]3O[C@H](C(=O)O)[C@@H](O)[C@@H](O)[C@H]3O)c(OC)c2)ccc1O. The molecular formula is C27H28O12. The summed E-state index contributed by atoms with van der Waals surface area (Å²) in [5, 5.41) is 48.7. The van der Waals surface area contributed by atoms with Crippen LogP contribution in [0.5, 0.6) is 23.0 Å². The second-order valence-electron chi connectivity index (χ2n) is 8.47. The normalized spacial score (nSPS) is 23.1. The van der Waals surface area contributed by atoms with Crippen molar-refractivity contribution in [3.8, 4) is 23.0 Å². The minimum absolute atomic E-state index is 0.0314. The lowest BCUT2D eigenvalue weighted by Gasteiger charge is -2.38. The summed E-state index contributed by atoms with van der Waals surface area (Å²) < 4.78 is 20.9. The number of hydrogen-bond acceptors (Lipinski definition) is 11. The largest absolute Gasteiger partial charge is 0.504 e. The van der Waals surface area contributed by atoms with Crippen LogP contribution in [0.15, 0.2) is 48.6 Å². The van der Waals surface area contributed by atoms with Crippen LogP contribution < -0.4 is 14.2 Å². The Morgan fingerprint density at radius 3 is 1.95 bits per heavy atom. The standard InChI is InChI=1S/C27H28O12/c1-36-20-11-14(5-9-18(20)30)3-7-16(28)13-17(29)8-4-15-6-10-19(21(12-15)37-2)38-27-24(33)22(31)23(32)25(39-27)26(34)35/h3-12,22-25,27,30-33H,13H2,1-2H3,(H,34,35)/b7-3+,8-4+/t22-,23+,24-,25+,27-/m1/s1. The van der Waals surface area contributed by atoms with E-state index >= 15 is 0 Å². The highest BCUT2D eigenvalue weighted by molar-refractivity contribution is 6.10. The summed E-state index contributed by atoms with van der Waals surface area (Å²) in [4.78, 5) is 35.7. The van der Waals surface area contributed by atoms with Gasteiger partial charge in [-0.25, -0.2) is 4.79 Å². The first-order valence-corrected chi connectivity index (χ1v) is 11.6. The number of aliphatic hydroxyl groups is 3. The molecule has 0 radical (unpaired) electrons. The number of benzene rings is 2. The maximum Gasteiger partial charge on any atom is 0.335 e. The Kier molecular flexibility index (Phi) is 9.79. The lowest BCUT2D eigenvalue weighted by Crippen LogP contribution is -2.61. The summed E-state index contributed by atoms with van der Waals surface area (Å²) in [6, 6.07) is 8.96. The summed E-state index contributed by atoms with van der Waals surface area (Å²) >= 11 is 0. The van der Waals surface area contributed by atoms with Crippen LogP contribution in [0, 0.1) is 0 Å². The van der Waals surface area contributed by atoms with Crippen molar-refractivity contribution in [2.75, 3.05) is 14.2 Å². The Morgan fingerprint density at radius 2 is 1.38 bits per heavy atom. The van der Waals surface area contributed by atoms with Crippen LogP contribution in [0.2, 0.25) is 0 Å². The van der Waals surface area contributed by atoms with Crippen molar-refractivity contribution in [2.24, 2.45) is 0 Å². The Balaban J connectivity index is 1.63. The highest BCUT2D eigenvalue weighted by atomic mass is 16.7. The zero-order chi connectivity index (χ0) is 28.7. The summed E-state index contributed by atoms with van der Waals surface area (Å²) in [6.07, 6.45) is -3.85. The number of phenolic OH excluding ortho intramolecular Hbond substituents is 1. The average Bonchev–Trinajstić information content (AvgIpc) is 2.91. The van der Waals surface area contributed by atoms with Gasteiger partial charge in [0.05, 0.1) is 20.6 Å². The molecule has 3 rings (SSSR count). The highest BCUT2D eigenvalue weighted by Crippen LogP contribution is 2.32. The lowest BCUT2D eigenvalue weighted by molar-refractivity contribution is -0.271. The topological polar surface area (TPSA) is 189 Å². The van der Waals surface area contributed by atoms with Gasteiger partial charge in [0.1, 0.15) is 18.3 Å². The number of carbonyl (C=O) groups is 3. The molecule has 0 aliphatic carbocycles. The Labute approximate surface area is 222 Å². The molecule has 1 aliphatic heterocycles. The van der Waals surface area contributed by atoms with E-state index in [4.69, 9.17) is 18.9 Å². The fourth-order valence-corrected chi connectivity index (χ4v) is 3.63. The molecule has 1 aliphatic rings. The lowest BCUT2D eigenvalue weighted by atomic mass is 9.99. The van der Waals surface area contributed by atoms with E-state index < -0.39 is 48.2 Å². The predicted molar refractivity (Wildman–Crippen MR) is 135 cm³/mol. The third-order valence-electron chi connectivity index (χ3n) is 5.72. The molecule has 5 atom stereocenters. The van der Waals surface area contributed by atoms with Crippen molar-refractivity contribution in [3.05, 3.63) is 59.7 Å². The molecule has 39 heavy (non-hydrogen) atoms. The second kappa shape index (κ2) is 13.0. The molecule has 0 unspecified atom stereocenters. The number of methoxy groups -OCH3 is 2. The van der Waals surface area contributed by atoms with Crippen LogP contribution >= 0.6 is 0 Å². The number of carboxylic acid groups (broad SMARTS) is 1. The fraction of sp³-hybridized carbons (Fsp3) is 0.296. The molecule has 1 saturated heterocycles. The number of ketones is 2. The number of rotatable bonds is 11. The van der Waals surface area contributed by atoms with Crippen LogP contribution in [0.1, 0.15) is 17.5 Å². The van der Waals surface area contributed by atoms with E-state index in [1.807, 2.05) is 0 Å². The number of ether oxygens (including phenoxy) is 4. The minimum atomic E-state index is -1.86. The number of carboxylic acids is 1. The van der Waals surface area contributed by atoms with Gasteiger partial charge < -0.3 is 44.5 Å². The van der Waals surface area contributed by atoms with Crippen molar-refractivity contribution in [2.45, 2.75) is 37.1 Å². The van der Waals surface area contributed by atoms with E-state index in [9.17, 15) is 39.9 Å². The number of phenols is 1. The van der Waals surface area contributed by atoms with Gasteiger partial charge in [0, 0.05) is 0 Å². The molecule has 0 spiro atoms. The molecule has 208 valence electrons. The molecule has 0 bridgehead atoms. The first kappa shape index (κ1) is 29.3. The van der Waals surface area contributed by atoms with Gasteiger partial charge in [0.15, 0.2) is 40.7 Å². The predicted octanol–water partition coefficient (Wildman–Crippen LogP) is 0.935. The number of aromatic hydroxyl groups is 1. The van der Waals surface area contributed by atoms with Gasteiger partial charge >= 0.3 is 5.97 Å². The van der Waals surface area contributed by atoms with E-state index in [-0.39, 0.29) is 29.4 Å². The summed E-state index contributed by atoms with van der Waals surface area (Å²) in [5.41, 5.74) is 1.10. The van der Waals surface area contributed by atoms with Crippen LogP contribution in [0.25, 0.3) is 12.2 Å². The summed E-state index contributed by atoms with van der Waals surface area (Å²) in [5.74, 6) is -2.07. The van der Waals surface area contributed by atoms with E-state index in [0.717, 1.165) is 0 Å². The highest BCUT2D eigenvalue weighted by Gasteiger charge is 2.48. The third kappa shape index (κ3) is 7.42. The molecule has 12 nitrogen and oxygen atoms in total. The number of carbonyl (C=O) groups excluding carboxylic acids is 2. The second-order valence-corrected chi connectivity index (χ2v) is 8.47. The zero-order valence-electron chi connectivity index (χ0n) is 21.0. The van der Waals surface area contributed by atoms with Crippen LogP contribution in [0.3, 0.4) is 0 Å². The van der Waals surface area contributed by atoms with Crippen molar-refractivity contribution in [3.63, 3.8) is 0 Å². The molecule has 0 aromatic heterocycles. The molecule has 0 amide bonds. The first-order valence-electron chi connectivity index (χ1n) is 11.6. The molecule has 0 saturated carbocycles. The van der Waals surface area contributed by atoms with Gasteiger partial charge in [-0.3, -0.25) is 9.59 Å². The molecule has 1 fully saturated rings. The van der Waals surface area contributed by atoms with Gasteiger partial charge in [0.2, 0.25) is 6.29 Å². The van der Waals surface area contributed by atoms with Gasteiger partial charge in [-0.2, -0.15) is 0 Å². The number of hydrogen-bond donors (Lipinski definition) is 5. The number of aliphatic carboxylic acids is 1. The van der Waals surface area contributed by atoms with Crippen molar-refractivity contribution >= 4 is 29.7 Å². The minimum Gasteiger partial charge on any atom is -0.504 e. The average molecular weight is 545 g/mol. The number of aliphatic hydroxyl groups excluding tert-OH is 3. The van der Waals surface area contributed by atoms with Crippen LogP contribution in [-0.4, -0.2) is 88.0 Å². The van der Waals surface area contributed by atoms with Crippen molar-refractivity contribution in [1.82, 2.24) is 0 Å². The van der Waals surface area contributed by atoms with Gasteiger partial charge in [-0.15, -0.1) is 0 Å². The Bertz CT molecular complexity index is 1270. The van der Waals surface area contributed by atoms with E-state index in [2.05, 4.69) is 0 Å². The van der Waals surface area contributed by atoms with Crippen molar-refractivity contribution < 1.29 is 58.9 Å². The molecule has 2 aromatic rings. The molecule has 12 heteroatoms. The van der Waals surface area contributed by atoms with Crippen molar-refractivity contribution in [1.29, 1.82) is 0 Å². The maximum absolute atomic E-state index is 12.3. The van der Waals surface area contributed by atoms with E-state index in [1.54, 1.807) is 12.1 Å². The number of allylic oxidation sites excluding steroid dienone is 2. The maximum atomic E-state index is 12.3. The smallest absolute Gasteiger partial charge is 0.335 e. The molecular weight excluding hydrogens is 516 g/mol. The first-order chi connectivity index (χ1) is 18.5. The van der Waals surface area contributed by atoms with Crippen LogP contribution in [0.4, 0.5) is 0 Å². The fourth-order valence-electron chi connectivity index (χ4n) is 3.63. The Hall–Kier alpha value is -4.23. The van der Waals surface area contributed by atoms with Crippen LogP contribution in [-0.2, 0) is 19.1 Å². The van der Waals surface area contributed by atoms with E-state index in [1.165, 1.54) is 62.8 Å². The quantitative estimate of drug-likeness (QED) is 0.199. The molecule has 2 aromatic carbocycles. The monoisotopic (exact) mass is 544 g/mol. The van der Waals surface area contributed by atoms with Gasteiger partial charge in [-0.1, -0.05) is 24.3 Å². The van der Waals surface area contributed by atoms with Gasteiger partial charge in [-0.05, 0) is 47.5 Å². The third-order valence-corrected chi connectivity index (χ3v) is 5.72. The van der Waals surface area contributed by atoms with E-state index in [0.29, 0.717) is 11.1 Å². The Morgan fingerprint density at radius 1 is 0.821 bits per heavy atom. The van der Waals surface area contributed by atoms with Gasteiger partial charge in [0.25, 0.3) is 0 Å². The summed E-state index contributed by atoms with van der Waals surface area (Å²) in [6.45, 7) is 0.